The van der Waals surface area contributed by atoms with Crippen LogP contribution in [0.4, 0.5) is 14.9 Å². The molecule has 0 bridgehead atoms. The number of nitrogens with zero attached hydrogens (tertiary/aromatic N) is 1. The molecule has 0 spiro atoms. The molecule has 0 aliphatic heterocycles. The number of amides is 2. The Morgan fingerprint density at radius 1 is 1.26 bits per heavy atom. The summed E-state index contributed by atoms with van der Waals surface area (Å²) in [6, 6.07) is 11.9. The number of ether oxygens (including phenoxy) is 1. The number of halogens is 2. The van der Waals surface area contributed by atoms with Gasteiger partial charge in [-0.3, -0.25) is 0 Å². The van der Waals surface area contributed by atoms with Crippen LogP contribution in [0, 0.1) is 17.1 Å². The summed E-state index contributed by atoms with van der Waals surface area (Å²) in [5, 5.41) is 14.1. The van der Waals surface area contributed by atoms with Crippen LogP contribution < -0.4 is 15.4 Å². The van der Waals surface area contributed by atoms with Gasteiger partial charge in [-0.2, -0.15) is 5.26 Å². The lowest BCUT2D eigenvalue weighted by molar-refractivity contribution is 0.247. The molecule has 2 rings (SSSR count). The maximum absolute atomic E-state index is 12.9. The van der Waals surface area contributed by atoms with Crippen LogP contribution in [0.1, 0.15) is 5.56 Å². The number of hydrogen-bond acceptors (Lipinski definition) is 3. The minimum absolute atomic E-state index is 0.173. The second kappa shape index (κ2) is 8.01. The smallest absolute Gasteiger partial charge is 0.319 e. The lowest BCUT2D eigenvalue weighted by atomic mass is 10.2. The second-order valence-electron chi connectivity index (χ2n) is 4.49. The van der Waals surface area contributed by atoms with E-state index in [1.165, 1.54) is 12.1 Å². The molecular weight excluding hydrogens is 321 g/mol. The van der Waals surface area contributed by atoms with Crippen molar-refractivity contribution < 1.29 is 13.9 Å². The van der Waals surface area contributed by atoms with Crippen molar-refractivity contribution in [3.05, 3.63) is 58.9 Å². The fraction of sp³-hybridized carbons (Fsp3) is 0.125. The van der Waals surface area contributed by atoms with E-state index in [4.69, 9.17) is 21.6 Å². The van der Waals surface area contributed by atoms with E-state index in [-0.39, 0.29) is 18.2 Å². The predicted octanol–water partition coefficient (Wildman–Crippen LogP) is 3.55. The van der Waals surface area contributed by atoms with Gasteiger partial charge in [0.25, 0.3) is 0 Å². The van der Waals surface area contributed by atoms with Crippen molar-refractivity contribution in [2.24, 2.45) is 0 Å². The number of hydrogen-bond donors (Lipinski definition) is 2. The van der Waals surface area contributed by atoms with Gasteiger partial charge >= 0.3 is 6.03 Å². The number of carbonyl (C=O) groups is 1. The van der Waals surface area contributed by atoms with Crippen LogP contribution in [0.2, 0.25) is 5.02 Å². The molecule has 2 N–H and O–H groups in total. The van der Waals surface area contributed by atoms with E-state index >= 15 is 0 Å². The third-order valence-corrected chi connectivity index (χ3v) is 3.11. The summed E-state index contributed by atoms with van der Waals surface area (Å²) < 4.78 is 18.2. The third-order valence-electron chi connectivity index (χ3n) is 2.81. The van der Waals surface area contributed by atoms with Gasteiger partial charge in [-0.15, -0.1) is 0 Å². The van der Waals surface area contributed by atoms with Gasteiger partial charge in [0, 0.05) is 5.69 Å². The molecule has 7 heteroatoms. The topological polar surface area (TPSA) is 74.2 Å². The zero-order valence-electron chi connectivity index (χ0n) is 12.0. The molecule has 2 aromatic carbocycles. The van der Waals surface area contributed by atoms with Gasteiger partial charge in [0.05, 0.1) is 23.2 Å². The van der Waals surface area contributed by atoms with Gasteiger partial charge in [-0.1, -0.05) is 11.6 Å². The van der Waals surface area contributed by atoms with Crippen LogP contribution in [0.25, 0.3) is 0 Å². The van der Waals surface area contributed by atoms with Gasteiger partial charge in [-0.25, -0.2) is 9.18 Å². The highest BCUT2D eigenvalue weighted by atomic mass is 35.5. The predicted molar refractivity (Wildman–Crippen MR) is 85.1 cm³/mol. The molecule has 2 aromatic rings. The molecule has 0 unspecified atom stereocenters. The summed E-state index contributed by atoms with van der Waals surface area (Å²) >= 11 is 5.82. The first-order chi connectivity index (χ1) is 11.1. The molecule has 0 saturated carbocycles. The number of benzene rings is 2. The van der Waals surface area contributed by atoms with Crippen LogP contribution >= 0.6 is 11.6 Å². The first kappa shape index (κ1) is 16.6. The van der Waals surface area contributed by atoms with Crippen LogP contribution in [-0.4, -0.2) is 19.2 Å². The molecule has 0 radical (unpaired) electrons. The van der Waals surface area contributed by atoms with Crippen LogP contribution in [0.5, 0.6) is 5.75 Å². The number of carbonyl (C=O) groups excluding carboxylic acids is 1. The maximum atomic E-state index is 12.9. The van der Waals surface area contributed by atoms with Gasteiger partial charge in [0.1, 0.15) is 18.2 Å². The van der Waals surface area contributed by atoms with Gasteiger partial charge in [0.15, 0.2) is 0 Å². The van der Waals surface area contributed by atoms with Crippen LogP contribution in [0.15, 0.2) is 42.5 Å². The summed E-state index contributed by atoms with van der Waals surface area (Å²) in [6.45, 7) is 0.433. The van der Waals surface area contributed by atoms with Crippen molar-refractivity contribution in [1.29, 1.82) is 5.26 Å². The van der Waals surface area contributed by atoms with Crippen molar-refractivity contribution in [2.45, 2.75) is 0 Å². The Hall–Kier alpha value is -2.78. The second-order valence-corrected chi connectivity index (χ2v) is 4.90. The molecule has 0 heterocycles. The Labute approximate surface area is 137 Å². The molecule has 0 aliphatic rings. The largest absolute Gasteiger partial charge is 0.490 e. The number of rotatable bonds is 5. The molecule has 0 atom stereocenters. The van der Waals surface area contributed by atoms with E-state index in [9.17, 15) is 9.18 Å². The third kappa shape index (κ3) is 5.16. The Morgan fingerprint density at radius 2 is 2.00 bits per heavy atom. The highest BCUT2D eigenvalue weighted by Crippen LogP contribution is 2.24. The number of nitrogens with one attached hydrogen (secondary N) is 2. The molecule has 2 amide bonds. The standard InChI is InChI=1S/C16H13ClFN3O2/c17-14-9-12(18)3-6-15(14)23-8-7-20-16(22)21-13-4-1-11(10-19)2-5-13/h1-6,9H,7-8H2,(H2,20,21,22). The fourth-order valence-electron chi connectivity index (χ4n) is 1.72. The summed E-state index contributed by atoms with van der Waals surface area (Å²) in [7, 11) is 0. The summed E-state index contributed by atoms with van der Waals surface area (Å²) in [6.07, 6.45) is 0. The molecular formula is C16H13ClFN3O2. The normalized spacial score (nSPS) is 9.78. The van der Waals surface area contributed by atoms with E-state index in [1.807, 2.05) is 6.07 Å². The fourth-order valence-corrected chi connectivity index (χ4v) is 1.94. The SMILES string of the molecule is N#Cc1ccc(NC(=O)NCCOc2ccc(F)cc2Cl)cc1. The van der Waals surface area contributed by atoms with E-state index in [0.717, 1.165) is 6.07 Å². The highest BCUT2D eigenvalue weighted by Gasteiger charge is 2.04. The lowest BCUT2D eigenvalue weighted by Gasteiger charge is -2.10. The van der Waals surface area contributed by atoms with Crippen LogP contribution in [-0.2, 0) is 0 Å². The van der Waals surface area contributed by atoms with Crippen molar-refractivity contribution in [3.8, 4) is 11.8 Å². The minimum Gasteiger partial charge on any atom is -0.490 e. The quantitative estimate of drug-likeness (QED) is 0.822. The first-order valence-electron chi connectivity index (χ1n) is 6.71. The number of anilines is 1. The first-order valence-corrected chi connectivity index (χ1v) is 7.09. The molecule has 0 saturated heterocycles. The Kier molecular flexibility index (Phi) is 5.78. The molecule has 23 heavy (non-hydrogen) atoms. The average molecular weight is 334 g/mol. The van der Waals surface area contributed by atoms with E-state index < -0.39 is 11.8 Å². The van der Waals surface area contributed by atoms with Crippen molar-refractivity contribution >= 4 is 23.3 Å². The Morgan fingerprint density at radius 3 is 2.65 bits per heavy atom. The lowest BCUT2D eigenvalue weighted by Crippen LogP contribution is -2.32. The van der Waals surface area contributed by atoms with E-state index in [2.05, 4.69) is 10.6 Å². The Bertz CT molecular complexity index is 729. The maximum Gasteiger partial charge on any atom is 0.319 e. The monoisotopic (exact) mass is 333 g/mol. The average Bonchev–Trinajstić information content (AvgIpc) is 2.54. The van der Waals surface area contributed by atoms with E-state index in [0.29, 0.717) is 17.0 Å². The van der Waals surface area contributed by atoms with Crippen LogP contribution in [0.3, 0.4) is 0 Å². The molecule has 0 fully saturated rings. The zero-order chi connectivity index (χ0) is 16.7. The molecule has 0 aliphatic carbocycles. The van der Waals surface area contributed by atoms with Gasteiger partial charge < -0.3 is 15.4 Å². The number of nitriles is 1. The highest BCUT2D eigenvalue weighted by molar-refractivity contribution is 6.32. The summed E-state index contributed by atoms with van der Waals surface area (Å²) in [4.78, 5) is 11.7. The van der Waals surface area contributed by atoms with Crippen molar-refractivity contribution in [2.75, 3.05) is 18.5 Å². The zero-order valence-corrected chi connectivity index (χ0v) is 12.7. The van der Waals surface area contributed by atoms with E-state index in [1.54, 1.807) is 24.3 Å². The van der Waals surface area contributed by atoms with Crippen molar-refractivity contribution in [1.82, 2.24) is 5.32 Å². The summed E-state index contributed by atoms with van der Waals surface area (Å²) in [5.41, 5.74) is 1.09. The van der Waals surface area contributed by atoms with Gasteiger partial charge in [0.2, 0.25) is 0 Å². The minimum atomic E-state index is -0.442. The molecule has 5 nitrogen and oxygen atoms in total. The number of urea groups is 1. The molecule has 118 valence electrons. The molecule has 0 aromatic heterocycles. The summed E-state index contributed by atoms with van der Waals surface area (Å²) in [5.74, 6) is -0.0929. The van der Waals surface area contributed by atoms with Crippen molar-refractivity contribution in [3.63, 3.8) is 0 Å². The Balaban J connectivity index is 1.73. The van der Waals surface area contributed by atoms with Gasteiger partial charge in [-0.05, 0) is 42.5 Å².